The van der Waals surface area contributed by atoms with Gasteiger partial charge in [0.05, 0.1) is 0 Å². The van der Waals surface area contributed by atoms with Crippen LogP contribution in [0.4, 0.5) is 0 Å². The summed E-state index contributed by atoms with van der Waals surface area (Å²) in [6.07, 6.45) is 8.38. The van der Waals surface area contributed by atoms with E-state index >= 15 is 0 Å². The highest BCUT2D eigenvalue weighted by molar-refractivity contribution is 4.84. The van der Waals surface area contributed by atoms with E-state index in [4.69, 9.17) is 0 Å². The predicted molar refractivity (Wildman–Crippen MR) is 72.7 cm³/mol. The Kier molecular flexibility index (Phi) is 6.41. The van der Waals surface area contributed by atoms with E-state index in [1.807, 2.05) is 0 Å². The van der Waals surface area contributed by atoms with E-state index in [1.165, 1.54) is 45.1 Å². The lowest BCUT2D eigenvalue weighted by Crippen LogP contribution is -2.43. The Morgan fingerprint density at radius 1 is 1.25 bits per heavy atom. The lowest BCUT2D eigenvalue weighted by molar-refractivity contribution is 0.180. The summed E-state index contributed by atoms with van der Waals surface area (Å²) >= 11 is 0. The third kappa shape index (κ3) is 4.08. The van der Waals surface area contributed by atoms with Crippen molar-refractivity contribution < 1.29 is 0 Å². The summed E-state index contributed by atoms with van der Waals surface area (Å²) in [6, 6.07) is 0.771. The van der Waals surface area contributed by atoms with E-state index in [1.54, 1.807) is 0 Å². The fourth-order valence-corrected chi connectivity index (χ4v) is 3.20. The van der Waals surface area contributed by atoms with Crippen molar-refractivity contribution >= 4 is 0 Å². The number of hydrogen-bond acceptors (Lipinski definition) is 1. The minimum Gasteiger partial charge on any atom is -0.313 e. The third-order valence-electron chi connectivity index (χ3n) is 4.37. The third-order valence-corrected chi connectivity index (χ3v) is 4.37. The Morgan fingerprint density at radius 2 is 2.00 bits per heavy atom. The maximum atomic E-state index is 3.81. The number of hydrogen-bond donors (Lipinski definition) is 1. The number of nitrogens with one attached hydrogen (secondary N) is 1. The zero-order chi connectivity index (χ0) is 12.0. The summed E-state index contributed by atoms with van der Waals surface area (Å²) in [5.41, 5.74) is 0. The average molecular weight is 225 g/mol. The molecule has 1 aliphatic carbocycles. The Labute approximate surface area is 102 Å². The molecule has 1 fully saturated rings. The molecule has 0 saturated heterocycles. The Bertz CT molecular complexity index is 178. The van der Waals surface area contributed by atoms with Gasteiger partial charge in [-0.3, -0.25) is 0 Å². The first kappa shape index (κ1) is 14.0. The average Bonchev–Trinajstić information content (AvgIpc) is 2.29. The normalized spacial score (nSPS) is 30.0. The van der Waals surface area contributed by atoms with Crippen LogP contribution >= 0.6 is 0 Å². The Hall–Kier alpha value is -0.0400. The summed E-state index contributed by atoms with van der Waals surface area (Å²) in [4.78, 5) is 0. The van der Waals surface area contributed by atoms with Crippen molar-refractivity contribution in [3.63, 3.8) is 0 Å². The highest BCUT2D eigenvalue weighted by Crippen LogP contribution is 2.33. The summed E-state index contributed by atoms with van der Waals surface area (Å²) in [7, 11) is 0. The van der Waals surface area contributed by atoms with Gasteiger partial charge in [0.25, 0.3) is 0 Å². The molecule has 1 rings (SSSR count). The molecule has 16 heavy (non-hydrogen) atoms. The summed E-state index contributed by atoms with van der Waals surface area (Å²) in [5, 5.41) is 3.81. The van der Waals surface area contributed by atoms with Gasteiger partial charge in [0.15, 0.2) is 0 Å². The van der Waals surface area contributed by atoms with Crippen molar-refractivity contribution in [2.24, 2.45) is 17.8 Å². The van der Waals surface area contributed by atoms with Gasteiger partial charge in [-0.1, -0.05) is 47.0 Å². The summed E-state index contributed by atoms with van der Waals surface area (Å²) in [6.45, 7) is 10.6. The predicted octanol–water partition coefficient (Wildman–Crippen LogP) is 4.23. The van der Waals surface area contributed by atoms with Gasteiger partial charge in [0.2, 0.25) is 0 Å². The fraction of sp³-hybridized carbons (Fsp3) is 1.00. The molecule has 0 aromatic carbocycles. The molecular weight excluding hydrogens is 194 g/mol. The van der Waals surface area contributed by atoms with Crippen LogP contribution in [0.3, 0.4) is 0 Å². The lowest BCUT2D eigenvalue weighted by Gasteiger charge is -2.37. The van der Waals surface area contributed by atoms with E-state index in [0.717, 1.165) is 23.8 Å². The topological polar surface area (TPSA) is 12.0 Å². The van der Waals surface area contributed by atoms with Gasteiger partial charge < -0.3 is 5.32 Å². The largest absolute Gasteiger partial charge is 0.313 e. The standard InChI is InChI=1S/C15H31N/c1-5-10-16-15(13(4)6-2)14-9-7-8-12(3)11-14/h12-16H,5-11H2,1-4H3. The van der Waals surface area contributed by atoms with E-state index in [-0.39, 0.29) is 0 Å². The van der Waals surface area contributed by atoms with Crippen LogP contribution in [-0.4, -0.2) is 12.6 Å². The maximum absolute atomic E-state index is 3.81. The van der Waals surface area contributed by atoms with Gasteiger partial charge in [0, 0.05) is 6.04 Å². The van der Waals surface area contributed by atoms with Gasteiger partial charge in [-0.25, -0.2) is 0 Å². The quantitative estimate of drug-likeness (QED) is 0.713. The van der Waals surface area contributed by atoms with Gasteiger partial charge >= 0.3 is 0 Å². The minimum absolute atomic E-state index is 0.771. The van der Waals surface area contributed by atoms with E-state index in [9.17, 15) is 0 Å². The molecule has 1 nitrogen and oxygen atoms in total. The van der Waals surface area contributed by atoms with Crippen molar-refractivity contribution in [2.45, 2.75) is 72.3 Å². The van der Waals surface area contributed by atoms with E-state index in [0.29, 0.717) is 0 Å². The van der Waals surface area contributed by atoms with E-state index in [2.05, 4.69) is 33.0 Å². The molecule has 4 unspecified atom stereocenters. The molecule has 1 heteroatoms. The molecule has 4 atom stereocenters. The van der Waals surface area contributed by atoms with E-state index < -0.39 is 0 Å². The molecule has 1 saturated carbocycles. The first-order valence-electron chi connectivity index (χ1n) is 7.42. The van der Waals surface area contributed by atoms with Crippen LogP contribution in [-0.2, 0) is 0 Å². The smallest absolute Gasteiger partial charge is 0.0121 e. The molecular formula is C15H31N. The summed E-state index contributed by atoms with van der Waals surface area (Å²) < 4.78 is 0. The Balaban J connectivity index is 2.52. The Morgan fingerprint density at radius 3 is 2.56 bits per heavy atom. The van der Waals surface area contributed by atoms with Gasteiger partial charge in [-0.05, 0) is 43.6 Å². The fourth-order valence-electron chi connectivity index (χ4n) is 3.20. The molecule has 0 spiro atoms. The first-order chi connectivity index (χ1) is 7.69. The lowest BCUT2D eigenvalue weighted by atomic mass is 9.75. The SMILES string of the molecule is CCCNC(C(C)CC)C1CCCC(C)C1. The molecule has 0 aromatic rings. The van der Waals surface area contributed by atoms with Gasteiger partial charge in [-0.15, -0.1) is 0 Å². The van der Waals surface area contributed by atoms with Crippen molar-refractivity contribution in [2.75, 3.05) is 6.54 Å². The molecule has 1 aliphatic rings. The number of rotatable bonds is 6. The second kappa shape index (κ2) is 7.32. The minimum atomic E-state index is 0.771. The molecule has 96 valence electrons. The molecule has 0 radical (unpaired) electrons. The molecule has 0 bridgehead atoms. The van der Waals surface area contributed by atoms with Crippen LogP contribution in [0.15, 0.2) is 0 Å². The highest BCUT2D eigenvalue weighted by atomic mass is 14.9. The van der Waals surface area contributed by atoms with Crippen molar-refractivity contribution in [3.8, 4) is 0 Å². The first-order valence-corrected chi connectivity index (χ1v) is 7.42. The molecule has 0 amide bonds. The van der Waals surface area contributed by atoms with Gasteiger partial charge in [-0.2, -0.15) is 0 Å². The molecule has 0 aliphatic heterocycles. The molecule has 1 N–H and O–H groups in total. The van der Waals surface area contributed by atoms with Crippen LogP contribution in [0.2, 0.25) is 0 Å². The van der Waals surface area contributed by atoms with Crippen molar-refractivity contribution in [3.05, 3.63) is 0 Å². The molecule has 0 heterocycles. The van der Waals surface area contributed by atoms with Crippen LogP contribution < -0.4 is 5.32 Å². The van der Waals surface area contributed by atoms with Crippen molar-refractivity contribution in [1.29, 1.82) is 0 Å². The van der Waals surface area contributed by atoms with Crippen LogP contribution in [0, 0.1) is 17.8 Å². The monoisotopic (exact) mass is 225 g/mol. The zero-order valence-electron chi connectivity index (χ0n) is 11.8. The van der Waals surface area contributed by atoms with Crippen LogP contribution in [0.25, 0.3) is 0 Å². The second-order valence-corrected chi connectivity index (χ2v) is 5.90. The zero-order valence-corrected chi connectivity index (χ0v) is 11.8. The maximum Gasteiger partial charge on any atom is 0.0121 e. The van der Waals surface area contributed by atoms with Crippen LogP contribution in [0.1, 0.15) is 66.2 Å². The molecule has 0 aromatic heterocycles. The van der Waals surface area contributed by atoms with Crippen LogP contribution in [0.5, 0.6) is 0 Å². The van der Waals surface area contributed by atoms with Crippen molar-refractivity contribution in [1.82, 2.24) is 5.32 Å². The second-order valence-electron chi connectivity index (χ2n) is 5.90. The van der Waals surface area contributed by atoms with Gasteiger partial charge in [0.1, 0.15) is 0 Å². The summed E-state index contributed by atoms with van der Waals surface area (Å²) in [5.74, 6) is 2.72. The highest BCUT2D eigenvalue weighted by Gasteiger charge is 2.28.